The van der Waals surface area contributed by atoms with Crippen LogP contribution in [0.5, 0.6) is 5.75 Å². The molecule has 2 aromatic rings. The van der Waals surface area contributed by atoms with Crippen molar-refractivity contribution in [3.05, 3.63) is 64.7 Å². The van der Waals surface area contributed by atoms with Gasteiger partial charge in [0.15, 0.2) is 0 Å². The average molecular weight is 399 g/mol. The number of benzene rings is 2. The molecule has 1 saturated carbocycles. The van der Waals surface area contributed by atoms with Crippen LogP contribution >= 0.6 is 11.6 Å². The molecule has 5 nitrogen and oxygen atoms in total. The standard InChI is InChI=1S/C22H23ClN2O3/c1-28-20-8-3-2-7-17(20)18-12-25(13-19(18)21(26)24-16-9-10-16)22(27)14-5-4-6-15(23)11-14/h2-8,11,16,18-19H,9-10,12-13H2,1H3,(H,24,26)/t18-,19-/m1/s1. The summed E-state index contributed by atoms with van der Waals surface area (Å²) in [6.07, 6.45) is 2.06. The van der Waals surface area contributed by atoms with Gasteiger partial charge < -0.3 is 15.0 Å². The van der Waals surface area contributed by atoms with Crippen LogP contribution in [0, 0.1) is 5.92 Å². The molecule has 2 aliphatic rings. The van der Waals surface area contributed by atoms with E-state index >= 15 is 0 Å². The third-order valence-corrected chi connectivity index (χ3v) is 5.71. The number of carbonyl (C=O) groups excluding carboxylic acids is 2. The minimum atomic E-state index is -0.306. The molecule has 0 unspecified atom stereocenters. The van der Waals surface area contributed by atoms with Gasteiger partial charge in [0, 0.05) is 35.6 Å². The van der Waals surface area contributed by atoms with E-state index in [1.807, 2.05) is 24.3 Å². The summed E-state index contributed by atoms with van der Waals surface area (Å²) in [5.74, 6) is 0.232. The summed E-state index contributed by atoms with van der Waals surface area (Å²) in [6.45, 7) is 0.848. The molecule has 0 radical (unpaired) electrons. The van der Waals surface area contributed by atoms with Crippen molar-refractivity contribution in [2.24, 2.45) is 5.92 Å². The molecule has 1 aliphatic heterocycles. The molecule has 2 amide bonds. The Morgan fingerprint density at radius 1 is 1.11 bits per heavy atom. The number of nitrogens with zero attached hydrogens (tertiary/aromatic N) is 1. The van der Waals surface area contributed by atoms with Crippen molar-refractivity contribution in [2.75, 3.05) is 20.2 Å². The van der Waals surface area contributed by atoms with E-state index < -0.39 is 0 Å². The summed E-state index contributed by atoms with van der Waals surface area (Å²) in [7, 11) is 1.63. The molecule has 28 heavy (non-hydrogen) atoms. The lowest BCUT2D eigenvalue weighted by Crippen LogP contribution is -2.36. The first-order chi connectivity index (χ1) is 13.6. The molecular weight excluding hydrogens is 376 g/mol. The maximum atomic E-state index is 13.0. The fourth-order valence-electron chi connectivity index (χ4n) is 3.86. The van der Waals surface area contributed by atoms with Crippen LogP contribution in [-0.4, -0.2) is 43.0 Å². The van der Waals surface area contributed by atoms with Crippen LogP contribution in [0.3, 0.4) is 0 Å². The molecule has 4 rings (SSSR count). The molecule has 1 aliphatic carbocycles. The Kier molecular flexibility index (Phi) is 5.27. The van der Waals surface area contributed by atoms with E-state index in [1.54, 1.807) is 36.3 Å². The molecule has 2 aromatic carbocycles. The Bertz CT molecular complexity index is 897. The van der Waals surface area contributed by atoms with Gasteiger partial charge in [0.2, 0.25) is 5.91 Å². The topological polar surface area (TPSA) is 58.6 Å². The quantitative estimate of drug-likeness (QED) is 0.838. The van der Waals surface area contributed by atoms with E-state index in [9.17, 15) is 9.59 Å². The van der Waals surface area contributed by atoms with Gasteiger partial charge in [-0.15, -0.1) is 0 Å². The van der Waals surface area contributed by atoms with Gasteiger partial charge in [0.05, 0.1) is 13.0 Å². The van der Waals surface area contributed by atoms with Crippen LogP contribution in [0.2, 0.25) is 5.02 Å². The Hall–Kier alpha value is -2.53. The summed E-state index contributed by atoms with van der Waals surface area (Å²) < 4.78 is 5.52. The maximum absolute atomic E-state index is 13.0. The number of rotatable bonds is 5. The number of ether oxygens (including phenoxy) is 1. The number of halogens is 1. The van der Waals surface area contributed by atoms with Crippen molar-refractivity contribution in [1.82, 2.24) is 10.2 Å². The first kappa shape index (κ1) is 18.8. The molecule has 6 heteroatoms. The number of carbonyl (C=O) groups is 2. The first-order valence-corrected chi connectivity index (χ1v) is 9.92. The zero-order valence-electron chi connectivity index (χ0n) is 15.7. The van der Waals surface area contributed by atoms with Gasteiger partial charge in [-0.2, -0.15) is 0 Å². The van der Waals surface area contributed by atoms with E-state index in [0.717, 1.165) is 24.2 Å². The fraction of sp³-hybridized carbons (Fsp3) is 0.364. The van der Waals surface area contributed by atoms with Crippen molar-refractivity contribution in [3.63, 3.8) is 0 Å². The van der Waals surface area contributed by atoms with Crippen molar-refractivity contribution >= 4 is 23.4 Å². The predicted molar refractivity (Wildman–Crippen MR) is 108 cm³/mol. The lowest BCUT2D eigenvalue weighted by atomic mass is 9.87. The molecular formula is C22H23ClN2O3. The van der Waals surface area contributed by atoms with Crippen molar-refractivity contribution < 1.29 is 14.3 Å². The van der Waals surface area contributed by atoms with E-state index in [1.165, 1.54) is 0 Å². The highest BCUT2D eigenvalue weighted by Gasteiger charge is 2.42. The van der Waals surface area contributed by atoms with E-state index in [0.29, 0.717) is 23.7 Å². The molecule has 1 N–H and O–H groups in total. The number of likely N-dealkylation sites (tertiary alicyclic amines) is 1. The van der Waals surface area contributed by atoms with Crippen molar-refractivity contribution in [3.8, 4) is 5.75 Å². The molecule has 0 spiro atoms. The van der Waals surface area contributed by atoms with Crippen LogP contribution in [0.25, 0.3) is 0 Å². The van der Waals surface area contributed by atoms with Crippen LogP contribution in [0.15, 0.2) is 48.5 Å². The normalized spacial score (nSPS) is 21.4. The molecule has 1 saturated heterocycles. The Morgan fingerprint density at radius 2 is 1.89 bits per heavy atom. The van der Waals surface area contributed by atoms with E-state index in [4.69, 9.17) is 16.3 Å². The number of nitrogens with one attached hydrogen (secondary N) is 1. The van der Waals surface area contributed by atoms with Crippen LogP contribution in [0.1, 0.15) is 34.7 Å². The molecule has 146 valence electrons. The predicted octanol–water partition coefficient (Wildman–Crippen LogP) is 3.48. The van der Waals surface area contributed by atoms with E-state index in [-0.39, 0.29) is 29.7 Å². The van der Waals surface area contributed by atoms with Crippen molar-refractivity contribution in [2.45, 2.75) is 24.8 Å². The molecule has 2 atom stereocenters. The third-order valence-electron chi connectivity index (χ3n) is 5.48. The Balaban J connectivity index is 1.62. The zero-order chi connectivity index (χ0) is 19.7. The van der Waals surface area contributed by atoms with Gasteiger partial charge in [-0.3, -0.25) is 9.59 Å². The summed E-state index contributed by atoms with van der Waals surface area (Å²) in [5, 5.41) is 3.63. The highest BCUT2D eigenvalue weighted by Crippen LogP contribution is 2.38. The highest BCUT2D eigenvalue weighted by molar-refractivity contribution is 6.30. The molecule has 2 fully saturated rings. The van der Waals surface area contributed by atoms with Gasteiger partial charge >= 0.3 is 0 Å². The van der Waals surface area contributed by atoms with Gasteiger partial charge in [-0.05, 0) is 42.7 Å². The largest absolute Gasteiger partial charge is 0.496 e. The van der Waals surface area contributed by atoms with Gasteiger partial charge in [-0.25, -0.2) is 0 Å². The number of para-hydroxylation sites is 1. The smallest absolute Gasteiger partial charge is 0.253 e. The zero-order valence-corrected chi connectivity index (χ0v) is 16.5. The minimum absolute atomic E-state index is 0.0137. The Morgan fingerprint density at radius 3 is 2.61 bits per heavy atom. The average Bonchev–Trinajstić information content (AvgIpc) is 3.41. The summed E-state index contributed by atoms with van der Waals surface area (Å²) >= 11 is 6.05. The Labute approximate surface area is 169 Å². The SMILES string of the molecule is COc1ccccc1[C@H]1CN(C(=O)c2cccc(Cl)c2)C[C@H]1C(=O)NC1CC1. The second-order valence-electron chi connectivity index (χ2n) is 7.46. The van der Waals surface area contributed by atoms with Crippen molar-refractivity contribution in [1.29, 1.82) is 0 Å². The number of hydrogen-bond acceptors (Lipinski definition) is 3. The summed E-state index contributed by atoms with van der Waals surface area (Å²) in [6, 6.07) is 14.9. The highest BCUT2D eigenvalue weighted by atomic mass is 35.5. The molecule has 1 heterocycles. The first-order valence-electron chi connectivity index (χ1n) is 9.55. The summed E-state index contributed by atoms with van der Waals surface area (Å²) in [5.41, 5.74) is 1.50. The molecule has 0 bridgehead atoms. The maximum Gasteiger partial charge on any atom is 0.253 e. The van der Waals surface area contributed by atoms with Crippen LogP contribution < -0.4 is 10.1 Å². The lowest BCUT2D eigenvalue weighted by molar-refractivity contribution is -0.125. The molecule has 0 aromatic heterocycles. The number of hydrogen-bond donors (Lipinski definition) is 1. The second kappa shape index (κ2) is 7.84. The van der Waals surface area contributed by atoms with Gasteiger partial charge in [0.1, 0.15) is 5.75 Å². The van der Waals surface area contributed by atoms with E-state index in [2.05, 4.69) is 5.32 Å². The lowest BCUT2D eigenvalue weighted by Gasteiger charge is -2.20. The second-order valence-corrected chi connectivity index (χ2v) is 7.89. The van der Waals surface area contributed by atoms with Gasteiger partial charge in [0.25, 0.3) is 5.91 Å². The number of methoxy groups -OCH3 is 1. The van der Waals surface area contributed by atoms with Crippen LogP contribution in [0.4, 0.5) is 0 Å². The minimum Gasteiger partial charge on any atom is -0.496 e. The van der Waals surface area contributed by atoms with Gasteiger partial charge in [-0.1, -0.05) is 35.9 Å². The van der Waals surface area contributed by atoms with Crippen LogP contribution in [-0.2, 0) is 4.79 Å². The monoisotopic (exact) mass is 398 g/mol. The fourth-order valence-corrected chi connectivity index (χ4v) is 4.05. The third kappa shape index (κ3) is 3.85. The number of amides is 2. The summed E-state index contributed by atoms with van der Waals surface area (Å²) in [4.78, 5) is 27.7.